The first kappa shape index (κ1) is 45.7. The standard InChI is InChI=1S/C46H86N2O/c1-5-7-9-11-13-15-17-19-21-23-25-27-29-31-33-35-39-43(47-46(49)44-41-37-38-42-45(44)48(3)4)40-36-34-32-30-28-26-24-22-20-18-16-14-12-10-8-6-2/h13,15,19-22,43-45H,5-12,14,16-18,23-42H2,1-4H3,(H,47,49)/b15-13-,21-19-,22-20-. The summed E-state index contributed by atoms with van der Waals surface area (Å²) in [6.45, 7) is 4.56. The van der Waals surface area contributed by atoms with E-state index in [1.165, 1.54) is 173 Å². The zero-order chi connectivity index (χ0) is 35.5. The van der Waals surface area contributed by atoms with Crippen LogP contribution in [-0.2, 0) is 4.79 Å². The van der Waals surface area contributed by atoms with Gasteiger partial charge in [-0.2, -0.15) is 0 Å². The molecule has 3 unspecified atom stereocenters. The number of nitrogens with zero attached hydrogens (tertiary/aromatic N) is 1. The summed E-state index contributed by atoms with van der Waals surface area (Å²) >= 11 is 0. The van der Waals surface area contributed by atoms with Gasteiger partial charge >= 0.3 is 0 Å². The fourth-order valence-corrected chi connectivity index (χ4v) is 7.65. The van der Waals surface area contributed by atoms with E-state index in [0.29, 0.717) is 18.0 Å². The average Bonchev–Trinajstić information content (AvgIpc) is 3.11. The average molecular weight is 683 g/mol. The van der Waals surface area contributed by atoms with E-state index in [1.54, 1.807) is 0 Å². The summed E-state index contributed by atoms with van der Waals surface area (Å²) in [5, 5.41) is 3.59. The number of unbranched alkanes of at least 4 members (excludes halogenated alkanes) is 21. The van der Waals surface area contributed by atoms with Gasteiger partial charge in [-0.25, -0.2) is 0 Å². The van der Waals surface area contributed by atoms with E-state index in [4.69, 9.17) is 0 Å². The number of allylic oxidation sites excluding steroid dienone is 6. The number of nitrogens with one attached hydrogen (secondary N) is 1. The van der Waals surface area contributed by atoms with E-state index in [2.05, 4.69) is 74.6 Å². The number of amides is 1. The third kappa shape index (κ3) is 28.0. The molecule has 3 nitrogen and oxygen atoms in total. The van der Waals surface area contributed by atoms with Crippen molar-refractivity contribution in [2.24, 2.45) is 5.92 Å². The maximum absolute atomic E-state index is 13.5. The van der Waals surface area contributed by atoms with Crippen LogP contribution in [0.5, 0.6) is 0 Å². The first-order chi connectivity index (χ1) is 24.1. The first-order valence-corrected chi connectivity index (χ1v) is 22.0. The highest BCUT2D eigenvalue weighted by Gasteiger charge is 2.33. The second kappa shape index (κ2) is 35.1. The van der Waals surface area contributed by atoms with Crippen molar-refractivity contribution in [2.75, 3.05) is 14.1 Å². The number of hydrogen-bond donors (Lipinski definition) is 1. The first-order valence-electron chi connectivity index (χ1n) is 22.0. The van der Waals surface area contributed by atoms with E-state index in [1.807, 2.05) is 0 Å². The van der Waals surface area contributed by atoms with E-state index in [9.17, 15) is 4.79 Å². The van der Waals surface area contributed by atoms with Gasteiger partial charge in [0.25, 0.3) is 0 Å². The maximum Gasteiger partial charge on any atom is 0.224 e. The van der Waals surface area contributed by atoms with Gasteiger partial charge in [-0.3, -0.25) is 4.79 Å². The molecule has 0 bridgehead atoms. The Morgan fingerprint density at radius 2 is 0.939 bits per heavy atom. The van der Waals surface area contributed by atoms with Gasteiger partial charge in [0.1, 0.15) is 0 Å². The molecule has 0 heterocycles. The second-order valence-corrected chi connectivity index (χ2v) is 15.7. The van der Waals surface area contributed by atoms with Crippen molar-refractivity contribution in [3.05, 3.63) is 36.5 Å². The Morgan fingerprint density at radius 3 is 1.43 bits per heavy atom. The normalized spacial score (nSPS) is 17.7. The summed E-state index contributed by atoms with van der Waals surface area (Å²) in [6, 6.07) is 0.765. The second-order valence-electron chi connectivity index (χ2n) is 15.7. The number of hydrogen-bond acceptors (Lipinski definition) is 2. The summed E-state index contributed by atoms with van der Waals surface area (Å²) in [6.07, 6.45) is 55.6. The Hall–Kier alpha value is -1.35. The molecule has 0 radical (unpaired) electrons. The molecule has 0 aromatic heterocycles. The fraction of sp³-hybridized carbons (Fsp3) is 0.848. The molecular formula is C46H86N2O. The van der Waals surface area contributed by atoms with Gasteiger partial charge in [0.15, 0.2) is 0 Å². The molecule has 49 heavy (non-hydrogen) atoms. The molecule has 0 aliphatic heterocycles. The van der Waals surface area contributed by atoms with E-state index < -0.39 is 0 Å². The third-order valence-corrected chi connectivity index (χ3v) is 10.9. The number of rotatable bonds is 34. The molecule has 1 amide bonds. The largest absolute Gasteiger partial charge is 0.353 e. The highest BCUT2D eigenvalue weighted by molar-refractivity contribution is 5.79. The van der Waals surface area contributed by atoms with Crippen molar-refractivity contribution < 1.29 is 4.79 Å². The smallest absolute Gasteiger partial charge is 0.224 e. The van der Waals surface area contributed by atoms with Crippen molar-refractivity contribution in [1.82, 2.24) is 10.2 Å². The Labute approximate surface area is 308 Å². The predicted octanol–water partition coefficient (Wildman–Crippen LogP) is 14.2. The van der Waals surface area contributed by atoms with E-state index >= 15 is 0 Å². The molecule has 0 spiro atoms. The fourth-order valence-electron chi connectivity index (χ4n) is 7.65. The molecule has 1 aliphatic carbocycles. The van der Waals surface area contributed by atoms with Crippen LogP contribution in [0, 0.1) is 5.92 Å². The molecule has 1 saturated carbocycles. The van der Waals surface area contributed by atoms with Crippen molar-refractivity contribution in [3.63, 3.8) is 0 Å². The highest BCUT2D eigenvalue weighted by Crippen LogP contribution is 2.28. The Balaban J connectivity index is 2.25. The lowest BCUT2D eigenvalue weighted by Crippen LogP contribution is -2.48. The quantitative estimate of drug-likeness (QED) is 0.0541. The number of carbonyl (C=O) groups is 1. The molecule has 286 valence electrons. The van der Waals surface area contributed by atoms with Crippen molar-refractivity contribution in [2.45, 2.75) is 231 Å². The zero-order valence-electron chi connectivity index (χ0n) is 33.7. The Morgan fingerprint density at radius 1 is 0.551 bits per heavy atom. The van der Waals surface area contributed by atoms with Gasteiger partial charge in [-0.1, -0.05) is 172 Å². The lowest BCUT2D eigenvalue weighted by Gasteiger charge is -2.36. The SMILES string of the molecule is CCCCC/C=C\C/C=C\CCCCCCCCC(CCCCCCCC/C=C\CCCCCCCC)NC(=O)C1CCCCC1N(C)C. The van der Waals surface area contributed by atoms with Crippen LogP contribution in [0.25, 0.3) is 0 Å². The van der Waals surface area contributed by atoms with Gasteiger partial charge in [0, 0.05) is 12.1 Å². The predicted molar refractivity (Wildman–Crippen MR) is 219 cm³/mol. The monoisotopic (exact) mass is 683 g/mol. The molecule has 3 heteroatoms. The molecule has 1 aliphatic rings. The van der Waals surface area contributed by atoms with E-state index in [0.717, 1.165) is 32.1 Å². The Kier molecular flexibility index (Phi) is 32.7. The summed E-state index contributed by atoms with van der Waals surface area (Å²) in [5.74, 6) is 0.509. The van der Waals surface area contributed by atoms with Crippen LogP contribution in [0.1, 0.15) is 219 Å². The zero-order valence-corrected chi connectivity index (χ0v) is 33.7. The minimum absolute atomic E-state index is 0.168. The van der Waals surface area contributed by atoms with Crippen molar-refractivity contribution >= 4 is 5.91 Å². The molecule has 1 fully saturated rings. The van der Waals surface area contributed by atoms with Crippen LogP contribution in [0.15, 0.2) is 36.5 Å². The summed E-state index contributed by atoms with van der Waals surface area (Å²) in [4.78, 5) is 15.8. The van der Waals surface area contributed by atoms with Crippen LogP contribution in [0.3, 0.4) is 0 Å². The highest BCUT2D eigenvalue weighted by atomic mass is 16.2. The number of carbonyl (C=O) groups excluding carboxylic acids is 1. The Bertz CT molecular complexity index is 799. The molecule has 3 atom stereocenters. The van der Waals surface area contributed by atoms with Gasteiger partial charge in [0.2, 0.25) is 5.91 Å². The summed E-state index contributed by atoms with van der Waals surface area (Å²) in [5.41, 5.74) is 0. The van der Waals surface area contributed by atoms with Crippen LogP contribution in [0.4, 0.5) is 0 Å². The molecular weight excluding hydrogens is 597 g/mol. The van der Waals surface area contributed by atoms with Gasteiger partial charge < -0.3 is 10.2 Å². The maximum atomic E-state index is 13.5. The van der Waals surface area contributed by atoms with Crippen LogP contribution in [-0.4, -0.2) is 37.0 Å². The van der Waals surface area contributed by atoms with Gasteiger partial charge in [0.05, 0.1) is 5.92 Å². The van der Waals surface area contributed by atoms with Gasteiger partial charge in [-0.15, -0.1) is 0 Å². The lowest BCUT2D eigenvalue weighted by atomic mass is 9.83. The molecule has 0 saturated heterocycles. The molecule has 0 aromatic carbocycles. The topological polar surface area (TPSA) is 32.3 Å². The van der Waals surface area contributed by atoms with Gasteiger partial charge in [-0.05, 0) is 97.6 Å². The molecule has 0 aromatic rings. The molecule has 1 rings (SSSR count). The van der Waals surface area contributed by atoms with Crippen LogP contribution < -0.4 is 5.32 Å². The lowest BCUT2D eigenvalue weighted by molar-refractivity contribution is -0.129. The van der Waals surface area contributed by atoms with E-state index in [-0.39, 0.29) is 5.92 Å². The van der Waals surface area contributed by atoms with Crippen molar-refractivity contribution in [1.29, 1.82) is 0 Å². The minimum atomic E-state index is 0.168. The molecule has 1 N–H and O–H groups in total. The summed E-state index contributed by atoms with van der Waals surface area (Å²) in [7, 11) is 4.31. The minimum Gasteiger partial charge on any atom is -0.353 e. The third-order valence-electron chi connectivity index (χ3n) is 10.9. The van der Waals surface area contributed by atoms with Crippen LogP contribution >= 0.6 is 0 Å². The summed E-state index contributed by atoms with van der Waals surface area (Å²) < 4.78 is 0. The van der Waals surface area contributed by atoms with Crippen LogP contribution in [0.2, 0.25) is 0 Å². The van der Waals surface area contributed by atoms with Crippen molar-refractivity contribution in [3.8, 4) is 0 Å².